The van der Waals surface area contributed by atoms with Crippen LogP contribution in [0.4, 0.5) is 4.79 Å². The van der Waals surface area contributed by atoms with E-state index in [1.165, 1.54) is 0 Å². The first-order valence-corrected chi connectivity index (χ1v) is 12.4. The Hall–Kier alpha value is -4.59. The molecule has 1 amide bonds. The molecule has 2 heterocycles. The topological polar surface area (TPSA) is 102 Å². The van der Waals surface area contributed by atoms with Crippen molar-refractivity contribution in [3.63, 3.8) is 0 Å². The van der Waals surface area contributed by atoms with Gasteiger partial charge < -0.3 is 19.1 Å². The molecule has 1 N–H and O–H groups in total. The van der Waals surface area contributed by atoms with Gasteiger partial charge in [-0.2, -0.15) is 0 Å². The van der Waals surface area contributed by atoms with Crippen LogP contribution in [0.25, 0.3) is 11.1 Å². The van der Waals surface area contributed by atoms with E-state index >= 15 is 0 Å². The molecule has 1 aliphatic rings. The quantitative estimate of drug-likeness (QED) is 0.289. The molecule has 194 valence electrons. The molecule has 0 saturated carbocycles. The van der Waals surface area contributed by atoms with Gasteiger partial charge in [0.05, 0.1) is 24.7 Å². The fourth-order valence-electron chi connectivity index (χ4n) is 4.86. The lowest BCUT2D eigenvalue weighted by molar-refractivity contribution is -0.136. The first-order valence-electron chi connectivity index (χ1n) is 12.4. The molecule has 8 nitrogen and oxygen atoms in total. The van der Waals surface area contributed by atoms with Crippen LogP contribution >= 0.6 is 0 Å². The van der Waals surface area contributed by atoms with Gasteiger partial charge >= 0.3 is 12.1 Å². The van der Waals surface area contributed by atoms with Crippen molar-refractivity contribution in [3.05, 3.63) is 101 Å². The van der Waals surface area contributed by atoms with Crippen LogP contribution in [0.15, 0.2) is 77.3 Å². The summed E-state index contributed by atoms with van der Waals surface area (Å²) < 4.78 is 17.4. The Bertz CT molecular complexity index is 1460. The highest BCUT2D eigenvalue weighted by atomic mass is 16.6. The molecule has 0 spiro atoms. The Morgan fingerprint density at radius 3 is 2.55 bits per heavy atom. The van der Waals surface area contributed by atoms with Gasteiger partial charge in [0, 0.05) is 11.1 Å². The number of carbonyl (C=O) groups is 2. The lowest BCUT2D eigenvalue weighted by Gasteiger charge is -2.23. The number of carbonyl (C=O) groups excluding carboxylic acids is 1. The zero-order chi connectivity index (χ0) is 26.8. The molecule has 1 fully saturated rings. The predicted molar refractivity (Wildman–Crippen MR) is 140 cm³/mol. The smallest absolute Gasteiger partial charge is 0.411 e. The van der Waals surface area contributed by atoms with Gasteiger partial charge in [0.2, 0.25) is 0 Å². The summed E-state index contributed by atoms with van der Waals surface area (Å²) >= 11 is 0. The minimum absolute atomic E-state index is 0.104. The predicted octanol–water partition coefficient (Wildman–Crippen LogP) is 6.46. The second kappa shape index (κ2) is 10.4. The molecule has 1 aromatic heterocycles. The second-order valence-corrected chi connectivity index (χ2v) is 9.43. The average Bonchev–Trinajstić information content (AvgIpc) is 3.38. The number of carboxylic acid groups (broad SMARTS) is 1. The molecule has 38 heavy (non-hydrogen) atoms. The largest absolute Gasteiger partial charge is 0.481 e. The standard InChI is InChI=1S/C30H28N2O6/c1-18-28(20(3)38-31-18)23-12-13-26(36-25-11-7-8-21(14-25)15-27(33)34)24(16-23)17-32-19(2)29(37-30(32)35)22-9-5-4-6-10-22/h4-14,16,19,29H,15,17H2,1-3H3,(H,33,34). The summed E-state index contributed by atoms with van der Waals surface area (Å²) in [5, 5.41) is 13.2. The maximum atomic E-state index is 13.0. The molecule has 1 aliphatic heterocycles. The van der Waals surface area contributed by atoms with Crippen LogP contribution in [-0.4, -0.2) is 33.3 Å². The molecule has 8 heteroatoms. The fourth-order valence-corrected chi connectivity index (χ4v) is 4.86. The van der Waals surface area contributed by atoms with Crippen LogP contribution in [0.1, 0.15) is 41.2 Å². The van der Waals surface area contributed by atoms with Gasteiger partial charge in [0.1, 0.15) is 23.4 Å². The van der Waals surface area contributed by atoms with Crippen molar-refractivity contribution in [1.82, 2.24) is 10.1 Å². The highest BCUT2D eigenvalue weighted by Gasteiger charge is 2.40. The number of aliphatic carboxylic acids is 1. The Balaban J connectivity index is 1.50. The number of aryl methyl sites for hydroxylation is 2. The van der Waals surface area contributed by atoms with E-state index < -0.39 is 12.1 Å². The third kappa shape index (κ3) is 5.11. The van der Waals surface area contributed by atoms with E-state index in [-0.39, 0.29) is 25.1 Å². The summed E-state index contributed by atoms with van der Waals surface area (Å²) in [6.07, 6.45) is -0.887. The molecule has 5 rings (SSSR count). The molecule has 1 saturated heterocycles. The zero-order valence-corrected chi connectivity index (χ0v) is 21.4. The normalized spacial score (nSPS) is 16.9. The van der Waals surface area contributed by atoms with E-state index in [4.69, 9.17) is 19.1 Å². The van der Waals surface area contributed by atoms with Gasteiger partial charge in [-0.05, 0) is 61.7 Å². The highest BCUT2D eigenvalue weighted by molar-refractivity contribution is 5.73. The van der Waals surface area contributed by atoms with E-state index in [9.17, 15) is 9.59 Å². The van der Waals surface area contributed by atoms with Gasteiger partial charge in [0.25, 0.3) is 0 Å². The highest BCUT2D eigenvalue weighted by Crippen LogP contribution is 2.38. The number of amides is 1. The van der Waals surface area contributed by atoms with E-state index in [2.05, 4.69) is 5.16 Å². The van der Waals surface area contributed by atoms with Crippen LogP contribution in [0, 0.1) is 13.8 Å². The van der Waals surface area contributed by atoms with Gasteiger partial charge in [-0.3, -0.25) is 9.69 Å². The molecular formula is C30H28N2O6. The van der Waals surface area contributed by atoms with E-state index in [1.54, 1.807) is 29.2 Å². The molecule has 2 atom stereocenters. The van der Waals surface area contributed by atoms with Gasteiger partial charge in [-0.1, -0.05) is 53.7 Å². The van der Waals surface area contributed by atoms with Crippen molar-refractivity contribution in [2.45, 2.75) is 45.9 Å². The van der Waals surface area contributed by atoms with Crippen LogP contribution in [0.2, 0.25) is 0 Å². The molecule has 2 unspecified atom stereocenters. The maximum absolute atomic E-state index is 13.0. The molecule has 3 aromatic carbocycles. The third-order valence-electron chi connectivity index (χ3n) is 6.72. The van der Waals surface area contributed by atoms with Crippen molar-refractivity contribution in [2.24, 2.45) is 0 Å². The van der Waals surface area contributed by atoms with E-state index in [0.717, 1.165) is 27.9 Å². The van der Waals surface area contributed by atoms with Crippen LogP contribution in [0.3, 0.4) is 0 Å². The minimum Gasteiger partial charge on any atom is -0.481 e. The number of hydrogen-bond donors (Lipinski definition) is 1. The van der Waals surface area contributed by atoms with Crippen molar-refractivity contribution >= 4 is 12.1 Å². The molecular weight excluding hydrogens is 484 g/mol. The third-order valence-corrected chi connectivity index (χ3v) is 6.72. The van der Waals surface area contributed by atoms with E-state index in [1.807, 2.05) is 69.3 Å². The zero-order valence-electron chi connectivity index (χ0n) is 21.4. The Morgan fingerprint density at radius 2 is 1.84 bits per heavy atom. The number of carboxylic acids is 1. The van der Waals surface area contributed by atoms with Crippen molar-refractivity contribution in [3.8, 4) is 22.6 Å². The summed E-state index contributed by atoms with van der Waals surface area (Å²) in [5.74, 6) is 0.841. The van der Waals surface area contributed by atoms with Crippen LogP contribution in [0.5, 0.6) is 11.5 Å². The maximum Gasteiger partial charge on any atom is 0.411 e. The number of rotatable bonds is 8. The fraction of sp³-hybridized carbons (Fsp3) is 0.233. The SMILES string of the molecule is Cc1noc(C)c1-c1ccc(Oc2cccc(CC(=O)O)c2)c(CN2C(=O)OC(c3ccccc3)C2C)c1. The van der Waals surface area contributed by atoms with Gasteiger partial charge in [-0.25, -0.2) is 4.79 Å². The lowest BCUT2D eigenvalue weighted by atomic mass is 9.99. The average molecular weight is 513 g/mol. The van der Waals surface area contributed by atoms with Crippen molar-refractivity contribution in [2.75, 3.05) is 0 Å². The molecule has 0 aliphatic carbocycles. The first-order chi connectivity index (χ1) is 18.3. The van der Waals surface area contributed by atoms with Crippen LogP contribution < -0.4 is 4.74 Å². The Labute approximate surface area is 220 Å². The molecule has 4 aromatic rings. The summed E-state index contributed by atoms with van der Waals surface area (Å²) in [5.41, 5.74) is 4.88. The monoisotopic (exact) mass is 512 g/mol. The number of hydrogen-bond acceptors (Lipinski definition) is 6. The minimum atomic E-state index is -0.916. The molecule has 0 bridgehead atoms. The first kappa shape index (κ1) is 25.1. The number of ether oxygens (including phenoxy) is 2. The van der Waals surface area contributed by atoms with E-state index in [0.29, 0.717) is 22.8 Å². The van der Waals surface area contributed by atoms with Gasteiger partial charge in [-0.15, -0.1) is 0 Å². The summed E-state index contributed by atoms with van der Waals surface area (Å²) in [7, 11) is 0. The summed E-state index contributed by atoms with van der Waals surface area (Å²) in [6, 6.07) is 22.2. The molecule has 0 radical (unpaired) electrons. The van der Waals surface area contributed by atoms with Crippen LogP contribution in [-0.2, 0) is 22.5 Å². The number of benzene rings is 3. The lowest BCUT2D eigenvalue weighted by Crippen LogP contribution is -2.31. The Kier molecular flexibility index (Phi) is 6.87. The second-order valence-electron chi connectivity index (χ2n) is 9.43. The van der Waals surface area contributed by atoms with Crippen molar-refractivity contribution < 1.29 is 28.7 Å². The summed E-state index contributed by atoms with van der Waals surface area (Å²) in [6.45, 7) is 5.97. The number of nitrogens with zero attached hydrogens (tertiary/aromatic N) is 2. The van der Waals surface area contributed by atoms with Gasteiger partial charge in [0.15, 0.2) is 0 Å². The Morgan fingerprint density at radius 1 is 1.05 bits per heavy atom. The number of cyclic esters (lactones) is 1. The number of aromatic nitrogens is 1. The summed E-state index contributed by atoms with van der Waals surface area (Å²) in [4.78, 5) is 25.9. The van der Waals surface area contributed by atoms with Crippen molar-refractivity contribution in [1.29, 1.82) is 0 Å².